The number of anilines is 2. The van der Waals surface area contributed by atoms with E-state index >= 15 is 0 Å². The zero-order valence-corrected chi connectivity index (χ0v) is 46.0. The number of carboxylic acid groups (broad SMARTS) is 3. The number of fused-ring (bicyclic) bond motifs is 1. The molecule has 7 rings (SSSR count). The van der Waals surface area contributed by atoms with E-state index in [1.54, 1.807) is 20.8 Å². The van der Waals surface area contributed by atoms with E-state index in [-0.39, 0.29) is 102 Å². The van der Waals surface area contributed by atoms with Crippen molar-refractivity contribution < 1.29 is 62.6 Å². The van der Waals surface area contributed by atoms with Crippen molar-refractivity contribution in [2.45, 2.75) is 25.3 Å². The van der Waals surface area contributed by atoms with Crippen molar-refractivity contribution in [1.82, 2.24) is 44.8 Å². The molecule has 0 bridgehead atoms. The molecule has 0 aliphatic carbocycles. The largest absolute Gasteiger partial charge is 0.480 e. The Balaban J connectivity index is 0.773. The number of ether oxygens (including phenoxy) is 4. The number of H-pyrrole nitrogens is 1. The summed E-state index contributed by atoms with van der Waals surface area (Å²) in [5.74, 6) is -2.36. The minimum Gasteiger partial charge on any atom is -0.480 e. The number of hydrogen-bond acceptors (Lipinski definition) is 18. The van der Waals surface area contributed by atoms with Crippen molar-refractivity contribution in [2.75, 3.05) is 187 Å². The second-order valence-electron chi connectivity index (χ2n) is 20.0. The van der Waals surface area contributed by atoms with Crippen LogP contribution < -0.4 is 20.9 Å². The lowest BCUT2D eigenvalue weighted by Crippen LogP contribution is -2.50. The highest BCUT2D eigenvalue weighted by molar-refractivity contribution is 6.31. The number of rotatable bonds is 27. The third-order valence-corrected chi connectivity index (χ3v) is 14.4. The summed E-state index contributed by atoms with van der Waals surface area (Å²) in [6.07, 6.45) is 3.63. The molecule has 438 valence electrons. The van der Waals surface area contributed by atoms with Crippen LogP contribution in [0.3, 0.4) is 0 Å². The minimum atomic E-state index is -1.03. The lowest BCUT2D eigenvalue weighted by Gasteiger charge is -2.39. The van der Waals surface area contributed by atoms with Gasteiger partial charge in [-0.15, -0.1) is 0 Å². The van der Waals surface area contributed by atoms with Crippen molar-refractivity contribution >= 4 is 63.9 Å². The molecule has 3 aliphatic heterocycles. The van der Waals surface area contributed by atoms with Crippen LogP contribution in [0.4, 0.5) is 15.9 Å². The Bertz CT molecular complexity index is 2630. The van der Waals surface area contributed by atoms with Gasteiger partial charge in [0, 0.05) is 121 Å². The van der Waals surface area contributed by atoms with Gasteiger partial charge in [0.1, 0.15) is 17.5 Å². The fourth-order valence-corrected chi connectivity index (χ4v) is 10.1. The molecule has 3 fully saturated rings. The molecule has 4 aromatic rings. The summed E-state index contributed by atoms with van der Waals surface area (Å²) in [5, 5.41) is 31.7. The number of aromatic amines is 1. The van der Waals surface area contributed by atoms with Gasteiger partial charge in [-0.3, -0.25) is 43.6 Å². The van der Waals surface area contributed by atoms with Gasteiger partial charge in [-0.25, -0.2) is 14.4 Å². The highest BCUT2D eigenvalue weighted by Gasteiger charge is 2.32. The molecule has 2 aromatic carbocycles. The van der Waals surface area contributed by atoms with Gasteiger partial charge in [-0.1, -0.05) is 23.7 Å². The van der Waals surface area contributed by atoms with Gasteiger partial charge in [0.2, 0.25) is 11.8 Å². The molecule has 7 N–H and O–H groups in total. The number of hydrogen-bond donors (Lipinski definition) is 6. The highest BCUT2D eigenvalue weighted by atomic mass is 35.5. The summed E-state index contributed by atoms with van der Waals surface area (Å²) in [5.41, 5.74) is 11.1. The summed E-state index contributed by atoms with van der Waals surface area (Å²) in [6.45, 7) is 7.86. The number of aromatic nitrogens is 3. The summed E-state index contributed by atoms with van der Waals surface area (Å²) in [4.78, 5) is 87.7. The SMILES string of the molecule is NC1CCN(c2c(-c3cccc(F)c3)cnc(N3CCN(C(=O)CCOCCOCCOCCOCCNC(=O)CN4CCN(CC(=O)O)CCN(CC(=O)O)CCN(CC(=O)O)CC4)CC3)c2-c2nc3cc(Cl)ccc3[nH]2)CC1. The fourth-order valence-electron chi connectivity index (χ4n) is 9.92. The quantitative estimate of drug-likeness (QED) is 0.0464. The minimum absolute atomic E-state index is 0.00625. The normalized spacial score (nSPS) is 17.1. The number of carboxylic acids is 3. The summed E-state index contributed by atoms with van der Waals surface area (Å²) in [7, 11) is 0. The smallest absolute Gasteiger partial charge is 0.317 e. The molecule has 0 unspecified atom stereocenters. The van der Waals surface area contributed by atoms with Crippen molar-refractivity contribution in [3.05, 3.63) is 59.5 Å². The van der Waals surface area contributed by atoms with E-state index in [2.05, 4.69) is 20.1 Å². The van der Waals surface area contributed by atoms with Crippen LogP contribution in [-0.2, 0) is 42.9 Å². The second kappa shape index (κ2) is 31.8. The van der Waals surface area contributed by atoms with E-state index in [0.29, 0.717) is 133 Å². The van der Waals surface area contributed by atoms with Gasteiger partial charge in [0.25, 0.3) is 0 Å². The molecule has 0 atom stereocenters. The van der Waals surface area contributed by atoms with Crippen LogP contribution in [0.2, 0.25) is 5.02 Å². The predicted molar refractivity (Wildman–Crippen MR) is 298 cm³/mol. The number of pyridine rings is 1. The standard InChI is InChI=1S/C54H76ClFN12O12/c55-40-4-5-44-45(33-40)61-53(60-44)51-52(67-10-6-42(57)7-11-67)43(39-2-1-3-41(56)32-39)34-59-54(51)68-22-20-66(21-23-68)47(70)8-24-77-26-28-79-30-31-80-29-27-78-25-9-58-46(69)35-62-12-14-63(36-48(71)72)16-18-65(38-50(75)76)19-17-64(15-13-62)37-49(73)74/h1-5,32-34,42H,6-31,35-38,57H2,(H,58,69)(H,60,61)(H,71,72)(H,73,74)(H,75,76). The molecule has 0 spiro atoms. The fraction of sp³-hybridized carbons (Fsp3) is 0.574. The Morgan fingerprint density at radius 2 is 1.20 bits per heavy atom. The molecule has 3 saturated heterocycles. The van der Waals surface area contributed by atoms with Crippen molar-refractivity contribution in [1.29, 1.82) is 0 Å². The van der Waals surface area contributed by atoms with Crippen LogP contribution in [0.25, 0.3) is 33.5 Å². The van der Waals surface area contributed by atoms with Gasteiger partial charge < -0.3 is 65.0 Å². The highest BCUT2D eigenvalue weighted by Crippen LogP contribution is 2.45. The van der Waals surface area contributed by atoms with Crippen LogP contribution >= 0.6 is 11.6 Å². The first-order valence-electron chi connectivity index (χ1n) is 27.3. The topological polar surface area (TPSA) is 285 Å². The van der Waals surface area contributed by atoms with Gasteiger partial charge >= 0.3 is 17.9 Å². The average molecular weight is 1140 g/mol. The first kappa shape index (κ1) is 61.5. The summed E-state index contributed by atoms with van der Waals surface area (Å²) in [6, 6.07) is 12.1. The average Bonchev–Trinajstić information content (AvgIpc) is 3.89. The maximum atomic E-state index is 14.7. The summed E-state index contributed by atoms with van der Waals surface area (Å²) < 4.78 is 37.3. The molecule has 24 nitrogen and oxygen atoms in total. The molecular weight excluding hydrogens is 1060 g/mol. The molecule has 0 saturated carbocycles. The number of nitrogens with two attached hydrogens (primary N) is 1. The van der Waals surface area contributed by atoms with E-state index in [9.17, 15) is 43.7 Å². The van der Waals surface area contributed by atoms with Crippen molar-refractivity contribution in [3.8, 4) is 22.5 Å². The predicted octanol–water partition coefficient (Wildman–Crippen LogP) is 1.71. The number of piperazine rings is 1. The van der Waals surface area contributed by atoms with Gasteiger partial charge in [-0.2, -0.15) is 0 Å². The van der Waals surface area contributed by atoms with Gasteiger partial charge in [0.15, 0.2) is 0 Å². The Hall–Kier alpha value is -6.13. The number of carbonyl (C=O) groups excluding carboxylic acids is 2. The molecule has 0 radical (unpaired) electrons. The van der Waals surface area contributed by atoms with Gasteiger partial charge in [0.05, 0.1) is 108 Å². The lowest BCUT2D eigenvalue weighted by atomic mass is 9.97. The lowest BCUT2D eigenvalue weighted by molar-refractivity contribution is -0.140. The third kappa shape index (κ3) is 19.6. The van der Waals surface area contributed by atoms with Crippen LogP contribution in [0.1, 0.15) is 19.3 Å². The zero-order valence-electron chi connectivity index (χ0n) is 45.3. The number of carbonyl (C=O) groups is 5. The number of nitrogens with one attached hydrogen (secondary N) is 2. The Morgan fingerprint density at radius 3 is 1.75 bits per heavy atom. The number of benzene rings is 2. The Kier molecular flexibility index (Phi) is 24.4. The molecule has 5 heterocycles. The molecular formula is C54H76ClFN12O12. The zero-order chi connectivity index (χ0) is 56.8. The van der Waals surface area contributed by atoms with E-state index in [1.807, 2.05) is 40.3 Å². The Labute approximate surface area is 469 Å². The van der Waals surface area contributed by atoms with Crippen LogP contribution in [0.5, 0.6) is 0 Å². The number of imidazole rings is 1. The third-order valence-electron chi connectivity index (χ3n) is 14.2. The van der Waals surface area contributed by atoms with Crippen molar-refractivity contribution in [3.63, 3.8) is 0 Å². The van der Waals surface area contributed by atoms with E-state index in [0.717, 1.165) is 35.2 Å². The molecule has 2 aromatic heterocycles. The van der Waals surface area contributed by atoms with E-state index in [4.69, 9.17) is 46.3 Å². The van der Waals surface area contributed by atoms with E-state index in [1.165, 1.54) is 12.1 Å². The molecule has 26 heteroatoms. The van der Waals surface area contributed by atoms with Crippen LogP contribution in [0.15, 0.2) is 48.7 Å². The van der Waals surface area contributed by atoms with Crippen LogP contribution in [-0.4, -0.2) is 268 Å². The van der Waals surface area contributed by atoms with Crippen molar-refractivity contribution in [2.24, 2.45) is 5.73 Å². The van der Waals surface area contributed by atoms with E-state index < -0.39 is 17.9 Å². The number of amides is 2. The first-order chi connectivity index (χ1) is 38.7. The molecule has 2 amide bonds. The second-order valence-corrected chi connectivity index (χ2v) is 20.4. The number of piperidine rings is 1. The maximum absolute atomic E-state index is 14.7. The molecule has 80 heavy (non-hydrogen) atoms. The number of nitrogens with zero attached hydrogens (tertiary/aromatic N) is 9. The van der Waals surface area contributed by atoms with Gasteiger partial charge in [-0.05, 0) is 48.7 Å². The maximum Gasteiger partial charge on any atom is 0.317 e. The first-order valence-corrected chi connectivity index (χ1v) is 27.7. The Morgan fingerprint density at radius 1 is 0.662 bits per heavy atom. The monoisotopic (exact) mass is 1140 g/mol. The summed E-state index contributed by atoms with van der Waals surface area (Å²) >= 11 is 6.39. The number of halogens is 2. The van der Waals surface area contributed by atoms with Crippen LogP contribution in [0, 0.1) is 5.82 Å². The number of aliphatic carboxylic acids is 3. The molecule has 3 aliphatic rings.